The normalized spacial score (nSPS) is 12.6. The van der Waals surface area contributed by atoms with E-state index in [2.05, 4.69) is 22.4 Å². The molecule has 1 aromatic heterocycles. The van der Waals surface area contributed by atoms with Gasteiger partial charge in [-0.15, -0.1) is 0 Å². The van der Waals surface area contributed by atoms with Gasteiger partial charge in [0.2, 0.25) is 5.89 Å². The molecule has 1 unspecified atom stereocenters. The van der Waals surface area contributed by atoms with Crippen LogP contribution in [0.4, 0.5) is 4.39 Å². The molecule has 19 heavy (non-hydrogen) atoms. The number of hydrogen-bond donors (Lipinski definition) is 1. The summed E-state index contributed by atoms with van der Waals surface area (Å²) in [6.07, 6.45) is 1.61. The molecule has 1 aromatic carbocycles. The molecule has 0 saturated carbocycles. The molecule has 2 rings (SSSR count). The number of rotatable bonds is 6. The van der Waals surface area contributed by atoms with E-state index in [0.29, 0.717) is 11.9 Å². The molecule has 0 aliphatic rings. The molecule has 1 N–H and O–H groups in total. The number of benzene rings is 1. The summed E-state index contributed by atoms with van der Waals surface area (Å²) >= 11 is 0. The third-order valence-electron chi connectivity index (χ3n) is 2.87. The highest BCUT2D eigenvalue weighted by Crippen LogP contribution is 2.05. The van der Waals surface area contributed by atoms with Crippen molar-refractivity contribution < 1.29 is 8.91 Å². The highest BCUT2D eigenvalue weighted by atomic mass is 19.1. The zero-order valence-corrected chi connectivity index (χ0v) is 11.2. The first-order valence-corrected chi connectivity index (χ1v) is 6.40. The zero-order valence-electron chi connectivity index (χ0n) is 11.2. The molecule has 0 radical (unpaired) electrons. The second-order valence-electron chi connectivity index (χ2n) is 4.67. The van der Waals surface area contributed by atoms with Crippen LogP contribution in [0.5, 0.6) is 0 Å². The van der Waals surface area contributed by atoms with Crippen LogP contribution in [0.15, 0.2) is 28.8 Å². The molecule has 0 fully saturated rings. The number of aryl methyl sites for hydroxylation is 1. The first-order valence-electron chi connectivity index (χ1n) is 6.40. The van der Waals surface area contributed by atoms with Gasteiger partial charge in [0.25, 0.3) is 0 Å². The summed E-state index contributed by atoms with van der Waals surface area (Å²) in [6, 6.07) is 6.93. The second kappa shape index (κ2) is 6.43. The Morgan fingerprint density at radius 3 is 2.68 bits per heavy atom. The molecular weight excluding hydrogens is 245 g/mol. The lowest BCUT2D eigenvalue weighted by Crippen LogP contribution is -2.30. The molecule has 0 spiro atoms. The van der Waals surface area contributed by atoms with Gasteiger partial charge in [-0.25, -0.2) is 4.39 Å². The second-order valence-corrected chi connectivity index (χ2v) is 4.67. The fourth-order valence-electron chi connectivity index (χ4n) is 1.92. The van der Waals surface area contributed by atoms with Crippen molar-refractivity contribution in [2.75, 3.05) is 6.54 Å². The molecule has 102 valence electrons. The van der Waals surface area contributed by atoms with Crippen LogP contribution in [0, 0.1) is 12.7 Å². The summed E-state index contributed by atoms with van der Waals surface area (Å²) in [5.74, 6) is 1.12. The lowest BCUT2D eigenvalue weighted by Gasteiger charge is -2.13. The van der Waals surface area contributed by atoms with Gasteiger partial charge in [-0.2, -0.15) is 4.98 Å². The average molecular weight is 263 g/mol. The predicted molar refractivity (Wildman–Crippen MR) is 70.3 cm³/mol. The van der Waals surface area contributed by atoms with Gasteiger partial charge in [-0.1, -0.05) is 17.3 Å². The Balaban J connectivity index is 1.72. The van der Waals surface area contributed by atoms with Crippen molar-refractivity contribution in [1.82, 2.24) is 15.5 Å². The number of nitrogens with zero attached hydrogens (tertiary/aromatic N) is 2. The predicted octanol–water partition coefficient (Wildman–Crippen LogP) is 2.28. The third kappa shape index (κ3) is 4.44. The maximum atomic E-state index is 12.8. The molecule has 2 aromatic rings. The Hall–Kier alpha value is -1.75. The van der Waals surface area contributed by atoms with Gasteiger partial charge < -0.3 is 9.84 Å². The fourth-order valence-corrected chi connectivity index (χ4v) is 1.92. The summed E-state index contributed by atoms with van der Waals surface area (Å²) in [7, 11) is 0. The van der Waals surface area contributed by atoms with Crippen LogP contribution < -0.4 is 5.32 Å². The van der Waals surface area contributed by atoms with Crippen molar-refractivity contribution in [2.45, 2.75) is 32.7 Å². The summed E-state index contributed by atoms with van der Waals surface area (Å²) in [5, 5.41) is 7.23. The molecule has 4 nitrogen and oxygen atoms in total. The maximum absolute atomic E-state index is 12.8. The highest BCUT2D eigenvalue weighted by Gasteiger charge is 2.05. The minimum Gasteiger partial charge on any atom is -0.340 e. The van der Waals surface area contributed by atoms with Crippen molar-refractivity contribution in [3.63, 3.8) is 0 Å². The van der Waals surface area contributed by atoms with E-state index in [4.69, 9.17) is 4.52 Å². The Kier molecular flexibility index (Phi) is 4.63. The van der Waals surface area contributed by atoms with E-state index in [-0.39, 0.29) is 5.82 Å². The third-order valence-corrected chi connectivity index (χ3v) is 2.87. The maximum Gasteiger partial charge on any atom is 0.223 e. The summed E-state index contributed by atoms with van der Waals surface area (Å²) in [6.45, 7) is 4.67. The van der Waals surface area contributed by atoms with Gasteiger partial charge >= 0.3 is 0 Å². The zero-order chi connectivity index (χ0) is 13.7. The van der Waals surface area contributed by atoms with Gasteiger partial charge in [0.05, 0.1) is 0 Å². The standard InChI is InChI=1S/C14H18FN3O/c1-10(9-12-3-5-13(15)6-4-12)16-8-7-14-17-11(2)19-18-14/h3-6,10,16H,7-9H2,1-2H3. The van der Waals surface area contributed by atoms with Crippen molar-refractivity contribution in [3.05, 3.63) is 47.4 Å². The van der Waals surface area contributed by atoms with Crippen molar-refractivity contribution in [2.24, 2.45) is 0 Å². The molecule has 1 atom stereocenters. The number of halogens is 1. The van der Waals surface area contributed by atoms with Crippen molar-refractivity contribution in [1.29, 1.82) is 0 Å². The van der Waals surface area contributed by atoms with Crippen LogP contribution in [-0.4, -0.2) is 22.7 Å². The number of aromatic nitrogens is 2. The lowest BCUT2D eigenvalue weighted by molar-refractivity contribution is 0.386. The highest BCUT2D eigenvalue weighted by molar-refractivity contribution is 5.16. The van der Waals surface area contributed by atoms with E-state index in [1.807, 2.05) is 12.1 Å². The average Bonchev–Trinajstić information content (AvgIpc) is 2.78. The van der Waals surface area contributed by atoms with Gasteiger partial charge in [-0.05, 0) is 31.0 Å². The van der Waals surface area contributed by atoms with Crippen molar-refractivity contribution in [3.8, 4) is 0 Å². The van der Waals surface area contributed by atoms with Crippen LogP contribution >= 0.6 is 0 Å². The van der Waals surface area contributed by atoms with Gasteiger partial charge in [0.15, 0.2) is 5.82 Å². The molecule has 0 saturated heterocycles. The Bertz CT molecular complexity index is 510. The molecule has 1 heterocycles. The number of nitrogens with one attached hydrogen (secondary N) is 1. The first-order chi connectivity index (χ1) is 9.13. The summed E-state index contributed by atoms with van der Waals surface area (Å²) < 4.78 is 17.7. The Labute approximate surface area is 112 Å². The van der Waals surface area contributed by atoms with Crippen molar-refractivity contribution >= 4 is 0 Å². The summed E-state index contributed by atoms with van der Waals surface area (Å²) in [5.41, 5.74) is 1.12. The van der Waals surface area contributed by atoms with Crippen LogP contribution in [0.25, 0.3) is 0 Å². The first kappa shape index (κ1) is 13.7. The van der Waals surface area contributed by atoms with Crippen LogP contribution in [0.3, 0.4) is 0 Å². The quantitative estimate of drug-likeness (QED) is 0.868. The van der Waals surface area contributed by atoms with Gasteiger partial charge in [0, 0.05) is 25.9 Å². The van der Waals surface area contributed by atoms with Gasteiger partial charge in [-0.3, -0.25) is 0 Å². The SMILES string of the molecule is Cc1nc(CCNC(C)Cc2ccc(F)cc2)no1. The monoisotopic (exact) mass is 263 g/mol. The summed E-state index contributed by atoms with van der Waals surface area (Å²) in [4.78, 5) is 4.14. The topological polar surface area (TPSA) is 51.0 Å². The molecule has 0 aliphatic heterocycles. The molecule has 0 bridgehead atoms. The molecule has 0 aliphatic carbocycles. The Morgan fingerprint density at radius 1 is 1.32 bits per heavy atom. The van der Waals surface area contributed by atoms with Crippen LogP contribution in [0.1, 0.15) is 24.2 Å². The lowest BCUT2D eigenvalue weighted by atomic mass is 10.1. The Morgan fingerprint density at radius 2 is 2.05 bits per heavy atom. The molecular formula is C14H18FN3O. The van der Waals surface area contributed by atoms with E-state index >= 15 is 0 Å². The number of hydrogen-bond acceptors (Lipinski definition) is 4. The fraction of sp³-hybridized carbons (Fsp3) is 0.429. The molecule has 5 heteroatoms. The van der Waals surface area contributed by atoms with E-state index in [1.54, 1.807) is 6.92 Å². The minimum atomic E-state index is -0.197. The van der Waals surface area contributed by atoms with Crippen LogP contribution in [0.2, 0.25) is 0 Å². The van der Waals surface area contributed by atoms with E-state index in [0.717, 1.165) is 30.8 Å². The van der Waals surface area contributed by atoms with Crippen LogP contribution in [-0.2, 0) is 12.8 Å². The molecule has 0 amide bonds. The van der Waals surface area contributed by atoms with E-state index in [1.165, 1.54) is 12.1 Å². The van der Waals surface area contributed by atoms with E-state index < -0.39 is 0 Å². The largest absolute Gasteiger partial charge is 0.340 e. The smallest absolute Gasteiger partial charge is 0.223 e. The van der Waals surface area contributed by atoms with E-state index in [9.17, 15) is 4.39 Å². The van der Waals surface area contributed by atoms with Gasteiger partial charge in [0.1, 0.15) is 5.82 Å². The minimum absolute atomic E-state index is 0.197.